The van der Waals surface area contributed by atoms with Crippen molar-refractivity contribution >= 4 is 17.0 Å². The van der Waals surface area contributed by atoms with Gasteiger partial charge < -0.3 is 5.32 Å². The number of fused-ring (bicyclic) bond motifs is 1. The van der Waals surface area contributed by atoms with Crippen LogP contribution in [0.25, 0.3) is 17.0 Å². The number of nitrogens with one attached hydrogen (secondary N) is 1. The third kappa shape index (κ3) is 3.21. The molecule has 2 aromatic rings. The maximum absolute atomic E-state index is 4.70. The minimum Gasteiger partial charge on any atom is -0.310 e. The molecule has 1 saturated carbocycles. The fourth-order valence-electron chi connectivity index (χ4n) is 2.21. The first-order valence-corrected chi connectivity index (χ1v) is 7.14. The molecule has 2 heteroatoms. The molecule has 0 aliphatic heterocycles. The fourth-order valence-corrected chi connectivity index (χ4v) is 2.21. The van der Waals surface area contributed by atoms with Crippen molar-refractivity contribution in [2.45, 2.75) is 32.2 Å². The van der Waals surface area contributed by atoms with Gasteiger partial charge in [0.2, 0.25) is 0 Å². The molecule has 0 bridgehead atoms. The van der Waals surface area contributed by atoms with Crippen molar-refractivity contribution in [2.75, 3.05) is 6.54 Å². The van der Waals surface area contributed by atoms with E-state index in [9.17, 15) is 0 Å². The molecule has 0 radical (unpaired) electrons. The van der Waals surface area contributed by atoms with Crippen molar-refractivity contribution in [1.82, 2.24) is 10.3 Å². The molecule has 1 aliphatic rings. The summed E-state index contributed by atoms with van der Waals surface area (Å²) >= 11 is 0. The average molecular weight is 252 g/mol. The zero-order valence-electron chi connectivity index (χ0n) is 11.4. The number of pyridine rings is 1. The molecule has 1 aliphatic carbocycles. The van der Waals surface area contributed by atoms with Gasteiger partial charge in [0, 0.05) is 18.0 Å². The standard InChI is InChI=1S/C17H20N2/c1-2-13(12-18-15-9-10-15)11-16-8-7-14-5-3-4-6-17(14)19-16/h3-8,11,15,18H,2,9-10,12H2,1H3. The number of hydrogen-bond donors (Lipinski definition) is 1. The lowest BCUT2D eigenvalue weighted by molar-refractivity contribution is 0.722. The molecule has 1 aromatic carbocycles. The molecule has 0 saturated heterocycles. The van der Waals surface area contributed by atoms with Crippen molar-refractivity contribution in [2.24, 2.45) is 0 Å². The van der Waals surface area contributed by atoms with Crippen LogP contribution >= 0.6 is 0 Å². The predicted molar refractivity (Wildman–Crippen MR) is 81.0 cm³/mol. The second-order valence-corrected chi connectivity index (χ2v) is 5.24. The number of rotatable bonds is 5. The van der Waals surface area contributed by atoms with E-state index in [1.807, 2.05) is 6.07 Å². The molecular weight excluding hydrogens is 232 g/mol. The number of para-hydroxylation sites is 1. The summed E-state index contributed by atoms with van der Waals surface area (Å²) in [6.07, 6.45) is 5.98. The Labute approximate surface area is 114 Å². The Hall–Kier alpha value is -1.67. The summed E-state index contributed by atoms with van der Waals surface area (Å²) in [7, 11) is 0. The van der Waals surface area contributed by atoms with Gasteiger partial charge in [-0.2, -0.15) is 0 Å². The van der Waals surface area contributed by atoms with Gasteiger partial charge in [-0.1, -0.05) is 36.8 Å². The third-order valence-electron chi connectivity index (χ3n) is 3.62. The summed E-state index contributed by atoms with van der Waals surface area (Å²) in [5, 5.41) is 4.77. The number of hydrogen-bond acceptors (Lipinski definition) is 2. The molecule has 1 aromatic heterocycles. The molecule has 3 rings (SSSR count). The smallest absolute Gasteiger partial charge is 0.0709 e. The summed E-state index contributed by atoms with van der Waals surface area (Å²) in [6.45, 7) is 3.21. The largest absolute Gasteiger partial charge is 0.310 e. The minimum absolute atomic E-state index is 0.763. The van der Waals surface area contributed by atoms with Gasteiger partial charge in [-0.25, -0.2) is 4.98 Å². The second-order valence-electron chi connectivity index (χ2n) is 5.24. The molecule has 0 amide bonds. The van der Waals surface area contributed by atoms with E-state index in [2.05, 4.69) is 48.6 Å². The Bertz CT molecular complexity index is 597. The Balaban J connectivity index is 1.80. The first kappa shape index (κ1) is 12.4. The van der Waals surface area contributed by atoms with Crippen LogP contribution in [0.15, 0.2) is 42.0 Å². The maximum Gasteiger partial charge on any atom is 0.0709 e. The predicted octanol–water partition coefficient (Wildman–Crippen LogP) is 3.78. The monoisotopic (exact) mass is 252 g/mol. The summed E-state index contributed by atoms with van der Waals surface area (Å²) in [6, 6.07) is 13.3. The molecule has 2 nitrogen and oxygen atoms in total. The van der Waals surface area contributed by atoms with E-state index in [0.717, 1.165) is 30.2 Å². The van der Waals surface area contributed by atoms with Crippen LogP contribution < -0.4 is 5.32 Å². The lowest BCUT2D eigenvalue weighted by Crippen LogP contribution is -2.18. The molecule has 19 heavy (non-hydrogen) atoms. The lowest BCUT2D eigenvalue weighted by atomic mass is 10.1. The summed E-state index contributed by atoms with van der Waals surface area (Å²) in [5.74, 6) is 0. The van der Waals surface area contributed by atoms with Gasteiger partial charge in [-0.05, 0) is 37.5 Å². The average Bonchev–Trinajstić information content (AvgIpc) is 3.27. The molecule has 1 N–H and O–H groups in total. The van der Waals surface area contributed by atoms with E-state index in [1.165, 1.54) is 23.8 Å². The van der Waals surface area contributed by atoms with Gasteiger partial charge in [-0.15, -0.1) is 0 Å². The maximum atomic E-state index is 4.70. The van der Waals surface area contributed by atoms with Gasteiger partial charge in [0.25, 0.3) is 0 Å². The van der Waals surface area contributed by atoms with Crippen molar-refractivity contribution in [1.29, 1.82) is 0 Å². The van der Waals surface area contributed by atoms with Gasteiger partial charge in [0.1, 0.15) is 0 Å². The topological polar surface area (TPSA) is 24.9 Å². The van der Waals surface area contributed by atoms with Crippen molar-refractivity contribution in [3.8, 4) is 0 Å². The van der Waals surface area contributed by atoms with Crippen LogP contribution in [0, 0.1) is 0 Å². The first-order valence-electron chi connectivity index (χ1n) is 7.14. The Kier molecular flexibility index (Phi) is 3.60. The van der Waals surface area contributed by atoms with Crippen LogP contribution in [0.4, 0.5) is 0 Å². The van der Waals surface area contributed by atoms with Crippen molar-refractivity contribution < 1.29 is 0 Å². The van der Waals surface area contributed by atoms with Crippen LogP contribution in [0.3, 0.4) is 0 Å². The second kappa shape index (κ2) is 5.54. The Morgan fingerprint density at radius 3 is 2.89 bits per heavy atom. The van der Waals surface area contributed by atoms with E-state index < -0.39 is 0 Å². The first-order chi connectivity index (χ1) is 9.35. The van der Waals surface area contributed by atoms with Crippen LogP contribution in [-0.2, 0) is 0 Å². The highest BCUT2D eigenvalue weighted by molar-refractivity contribution is 5.79. The summed E-state index contributed by atoms with van der Waals surface area (Å²) in [5.41, 5.74) is 3.56. The van der Waals surface area contributed by atoms with Gasteiger partial charge in [0.15, 0.2) is 0 Å². The van der Waals surface area contributed by atoms with E-state index in [0.29, 0.717) is 0 Å². The molecule has 0 spiro atoms. The van der Waals surface area contributed by atoms with Crippen molar-refractivity contribution in [3.63, 3.8) is 0 Å². The van der Waals surface area contributed by atoms with Gasteiger partial charge in [-0.3, -0.25) is 0 Å². The van der Waals surface area contributed by atoms with Crippen LogP contribution in [-0.4, -0.2) is 17.6 Å². The van der Waals surface area contributed by atoms with Crippen molar-refractivity contribution in [3.05, 3.63) is 47.7 Å². The number of aromatic nitrogens is 1. The van der Waals surface area contributed by atoms with E-state index in [4.69, 9.17) is 4.98 Å². The molecule has 1 fully saturated rings. The fraction of sp³-hybridized carbons (Fsp3) is 0.353. The number of nitrogens with zero attached hydrogens (tertiary/aromatic N) is 1. The zero-order chi connectivity index (χ0) is 13.1. The SMILES string of the molecule is CCC(=Cc1ccc2ccccc2n1)CNC1CC1. The lowest BCUT2D eigenvalue weighted by Gasteiger charge is -2.06. The highest BCUT2D eigenvalue weighted by Gasteiger charge is 2.20. The molecule has 0 unspecified atom stereocenters. The van der Waals surface area contributed by atoms with E-state index in [-0.39, 0.29) is 0 Å². The van der Waals surface area contributed by atoms with E-state index in [1.54, 1.807) is 0 Å². The van der Waals surface area contributed by atoms with Crippen LogP contribution in [0.1, 0.15) is 31.9 Å². The highest BCUT2D eigenvalue weighted by atomic mass is 14.9. The molecule has 1 heterocycles. The van der Waals surface area contributed by atoms with Gasteiger partial charge >= 0.3 is 0 Å². The van der Waals surface area contributed by atoms with Gasteiger partial charge in [0.05, 0.1) is 11.2 Å². The molecular formula is C17H20N2. The third-order valence-corrected chi connectivity index (χ3v) is 3.62. The van der Waals surface area contributed by atoms with Crippen LogP contribution in [0.2, 0.25) is 0 Å². The quantitative estimate of drug-likeness (QED) is 0.876. The number of benzene rings is 1. The summed E-state index contributed by atoms with van der Waals surface area (Å²) < 4.78 is 0. The highest BCUT2D eigenvalue weighted by Crippen LogP contribution is 2.20. The van der Waals surface area contributed by atoms with Crippen LogP contribution in [0.5, 0.6) is 0 Å². The molecule has 98 valence electrons. The zero-order valence-corrected chi connectivity index (χ0v) is 11.4. The normalized spacial score (nSPS) is 15.9. The Morgan fingerprint density at radius 1 is 1.26 bits per heavy atom. The Morgan fingerprint density at radius 2 is 2.11 bits per heavy atom. The summed E-state index contributed by atoms with van der Waals surface area (Å²) in [4.78, 5) is 4.70. The minimum atomic E-state index is 0.763. The van der Waals surface area contributed by atoms with E-state index >= 15 is 0 Å². The molecule has 0 atom stereocenters.